The number of benzene rings is 1. The molecule has 0 aliphatic carbocycles. The molecule has 0 saturated carbocycles. The van der Waals surface area contributed by atoms with E-state index in [4.69, 9.17) is 10.5 Å². The van der Waals surface area contributed by atoms with Crippen molar-refractivity contribution in [3.63, 3.8) is 0 Å². The van der Waals surface area contributed by atoms with E-state index >= 15 is 0 Å². The van der Waals surface area contributed by atoms with E-state index in [1.54, 1.807) is 7.11 Å². The molecule has 1 amide bonds. The highest BCUT2D eigenvalue weighted by atomic mass is 19.1. The molecule has 19 heavy (non-hydrogen) atoms. The summed E-state index contributed by atoms with van der Waals surface area (Å²) in [7, 11) is 1.55. The molecule has 0 aliphatic heterocycles. The Balaban J connectivity index is 2.95. The van der Waals surface area contributed by atoms with Gasteiger partial charge in [-0.2, -0.15) is 0 Å². The van der Waals surface area contributed by atoms with Gasteiger partial charge in [0.25, 0.3) is 5.91 Å². The van der Waals surface area contributed by atoms with Gasteiger partial charge in [0.2, 0.25) is 0 Å². The summed E-state index contributed by atoms with van der Waals surface area (Å²) >= 11 is 0. The van der Waals surface area contributed by atoms with Crippen LogP contribution in [0.5, 0.6) is 0 Å². The second kappa shape index (κ2) is 7.52. The van der Waals surface area contributed by atoms with Gasteiger partial charge in [-0.25, -0.2) is 4.39 Å². The Morgan fingerprint density at radius 1 is 1.58 bits per heavy atom. The number of halogens is 1. The van der Waals surface area contributed by atoms with Crippen molar-refractivity contribution in [1.82, 2.24) is 5.32 Å². The van der Waals surface area contributed by atoms with Crippen LogP contribution in [0.3, 0.4) is 0 Å². The number of carbonyl (C=O) groups excluding carboxylic acids is 1. The third-order valence-corrected chi connectivity index (χ3v) is 2.35. The first kappa shape index (κ1) is 15.2. The Morgan fingerprint density at radius 3 is 2.95 bits per heavy atom. The fourth-order valence-corrected chi connectivity index (χ4v) is 1.56. The molecule has 0 spiro atoms. The molecule has 0 heterocycles. The van der Waals surface area contributed by atoms with Gasteiger partial charge < -0.3 is 15.8 Å². The lowest BCUT2D eigenvalue weighted by Crippen LogP contribution is -2.36. The lowest BCUT2D eigenvalue weighted by molar-refractivity contribution is 0.0905. The molecule has 1 aromatic carbocycles. The number of hydrogen-bond acceptors (Lipinski definition) is 3. The summed E-state index contributed by atoms with van der Waals surface area (Å²) in [5.41, 5.74) is 5.93. The molecule has 1 rings (SSSR count). The molecule has 0 aliphatic rings. The van der Waals surface area contributed by atoms with Gasteiger partial charge in [-0.15, -0.1) is 0 Å². The molecule has 4 nitrogen and oxygen atoms in total. The maximum absolute atomic E-state index is 13.2. The van der Waals surface area contributed by atoms with Gasteiger partial charge in [-0.3, -0.25) is 4.79 Å². The molecule has 3 N–H and O–H groups in total. The number of ether oxygens (including phenoxy) is 1. The van der Waals surface area contributed by atoms with Crippen LogP contribution in [-0.4, -0.2) is 32.2 Å². The molecule has 102 valence electrons. The van der Waals surface area contributed by atoms with Crippen molar-refractivity contribution >= 4 is 5.91 Å². The fourth-order valence-electron chi connectivity index (χ4n) is 1.56. The average Bonchev–Trinajstić information content (AvgIpc) is 2.36. The van der Waals surface area contributed by atoms with E-state index in [2.05, 4.69) is 17.2 Å². The van der Waals surface area contributed by atoms with Gasteiger partial charge >= 0.3 is 0 Å². The van der Waals surface area contributed by atoms with Crippen molar-refractivity contribution in [2.75, 3.05) is 20.3 Å². The lowest BCUT2D eigenvalue weighted by atomic mass is 10.1. The van der Waals surface area contributed by atoms with Gasteiger partial charge in [0.05, 0.1) is 18.7 Å². The normalized spacial score (nSPS) is 11.4. The molecule has 0 aromatic heterocycles. The molecular weight excluding hydrogens is 247 g/mol. The van der Waals surface area contributed by atoms with Crippen molar-refractivity contribution in [2.24, 2.45) is 5.73 Å². The van der Waals surface area contributed by atoms with E-state index in [0.29, 0.717) is 17.7 Å². The van der Waals surface area contributed by atoms with Gasteiger partial charge in [0, 0.05) is 18.7 Å². The number of nitrogens with two attached hydrogens (primary N) is 1. The zero-order valence-corrected chi connectivity index (χ0v) is 11.0. The van der Waals surface area contributed by atoms with Crippen LogP contribution < -0.4 is 11.1 Å². The molecule has 0 bridgehead atoms. The Bertz CT molecular complexity index is 506. The Hall–Kier alpha value is -1.90. The monoisotopic (exact) mass is 264 g/mol. The number of amides is 1. The van der Waals surface area contributed by atoms with Crippen LogP contribution in [0, 0.1) is 17.7 Å². The van der Waals surface area contributed by atoms with Crippen LogP contribution in [0.4, 0.5) is 4.39 Å². The van der Waals surface area contributed by atoms with E-state index < -0.39 is 5.82 Å². The highest BCUT2D eigenvalue weighted by Gasteiger charge is 2.13. The maximum Gasteiger partial charge on any atom is 0.252 e. The Kier molecular flexibility index (Phi) is 6.00. The van der Waals surface area contributed by atoms with Crippen molar-refractivity contribution in [1.29, 1.82) is 0 Å². The average molecular weight is 264 g/mol. The molecule has 1 aromatic rings. The third kappa shape index (κ3) is 4.70. The first-order chi connectivity index (χ1) is 9.08. The highest BCUT2D eigenvalue weighted by Crippen LogP contribution is 2.10. The summed E-state index contributed by atoms with van der Waals surface area (Å²) in [6.07, 6.45) is 0. The van der Waals surface area contributed by atoms with Crippen LogP contribution in [-0.2, 0) is 4.74 Å². The second-order valence-electron chi connectivity index (χ2n) is 4.03. The lowest BCUT2D eigenvalue weighted by Gasteiger charge is -2.13. The van der Waals surface area contributed by atoms with Crippen molar-refractivity contribution in [3.05, 3.63) is 35.1 Å². The van der Waals surface area contributed by atoms with Crippen molar-refractivity contribution in [2.45, 2.75) is 13.0 Å². The number of hydrogen-bond donors (Lipinski definition) is 2. The first-order valence-electron chi connectivity index (χ1n) is 5.86. The van der Waals surface area contributed by atoms with E-state index in [1.807, 2.05) is 6.92 Å². The molecule has 1 unspecified atom stereocenters. The minimum Gasteiger partial charge on any atom is -0.383 e. The first-order valence-corrected chi connectivity index (χ1v) is 5.86. The van der Waals surface area contributed by atoms with Crippen molar-refractivity contribution in [3.8, 4) is 11.8 Å². The summed E-state index contributed by atoms with van der Waals surface area (Å²) in [5.74, 6) is 4.55. The number of carbonyl (C=O) groups is 1. The van der Waals surface area contributed by atoms with Gasteiger partial charge in [-0.05, 0) is 25.1 Å². The minimum absolute atomic E-state index is 0.141. The van der Waals surface area contributed by atoms with Gasteiger partial charge in [0.1, 0.15) is 5.82 Å². The standard InChI is InChI=1S/C14H17FN2O2/c1-10(9-19-2)17-14(18)13-6-5-12(15)8-11(13)4-3-7-16/h5-6,8,10H,7,9,16H2,1-2H3,(H,17,18). The predicted octanol–water partition coefficient (Wildman–Crippen LogP) is 0.901. The molecule has 1 atom stereocenters. The maximum atomic E-state index is 13.2. The SMILES string of the molecule is COCC(C)NC(=O)c1ccc(F)cc1C#CCN. The van der Waals surface area contributed by atoms with E-state index in [1.165, 1.54) is 18.2 Å². The quantitative estimate of drug-likeness (QED) is 0.794. The smallest absolute Gasteiger partial charge is 0.252 e. The molecular formula is C14H17FN2O2. The zero-order chi connectivity index (χ0) is 14.3. The molecule has 0 radical (unpaired) electrons. The van der Waals surface area contributed by atoms with Crippen LogP contribution in [0.1, 0.15) is 22.8 Å². The minimum atomic E-state index is -0.442. The van der Waals surface area contributed by atoms with Crippen LogP contribution in [0.2, 0.25) is 0 Å². The topological polar surface area (TPSA) is 64.3 Å². The zero-order valence-electron chi connectivity index (χ0n) is 11.0. The summed E-state index contributed by atoms with van der Waals surface area (Å²) in [6, 6.07) is 3.71. The Morgan fingerprint density at radius 2 is 2.32 bits per heavy atom. The molecule has 5 heteroatoms. The van der Waals surface area contributed by atoms with Gasteiger partial charge in [-0.1, -0.05) is 11.8 Å². The number of rotatable bonds is 4. The van der Waals surface area contributed by atoms with E-state index in [9.17, 15) is 9.18 Å². The third-order valence-electron chi connectivity index (χ3n) is 2.35. The molecule has 0 fully saturated rings. The highest BCUT2D eigenvalue weighted by molar-refractivity contribution is 5.96. The van der Waals surface area contributed by atoms with Gasteiger partial charge in [0.15, 0.2) is 0 Å². The predicted molar refractivity (Wildman–Crippen MR) is 71.1 cm³/mol. The van der Waals surface area contributed by atoms with Crippen LogP contribution in [0.15, 0.2) is 18.2 Å². The summed E-state index contributed by atoms with van der Waals surface area (Å²) in [4.78, 5) is 12.0. The van der Waals surface area contributed by atoms with Crippen LogP contribution >= 0.6 is 0 Å². The van der Waals surface area contributed by atoms with E-state index in [0.717, 1.165) is 0 Å². The number of methoxy groups -OCH3 is 1. The Labute approximate surface area is 112 Å². The second-order valence-corrected chi connectivity index (χ2v) is 4.03. The van der Waals surface area contributed by atoms with E-state index in [-0.39, 0.29) is 18.5 Å². The van der Waals surface area contributed by atoms with Crippen LogP contribution in [0.25, 0.3) is 0 Å². The summed E-state index contributed by atoms with van der Waals surface area (Å²) in [6.45, 7) is 2.37. The molecule has 0 saturated heterocycles. The summed E-state index contributed by atoms with van der Waals surface area (Å²) in [5, 5.41) is 2.75. The summed E-state index contributed by atoms with van der Waals surface area (Å²) < 4.78 is 18.1. The fraction of sp³-hybridized carbons (Fsp3) is 0.357. The van der Waals surface area contributed by atoms with Crippen molar-refractivity contribution < 1.29 is 13.9 Å². The number of nitrogens with one attached hydrogen (secondary N) is 1. The largest absolute Gasteiger partial charge is 0.383 e.